The van der Waals surface area contributed by atoms with Crippen LogP contribution in [-0.4, -0.2) is 46.2 Å². The maximum atomic E-state index is 12.5. The Morgan fingerprint density at radius 1 is 1.03 bits per heavy atom. The van der Waals surface area contributed by atoms with Crippen LogP contribution >= 0.6 is 0 Å². The number of tetrazole rings is 1. The lowest BCUT2D eigenvalue weighted by Crippen LogP contribution is -2.08. The Kier molecular flexibility index (Phi) is 7.85. The Balaban J connectivity index is 1.55. The Morgan fingerprint density at radius 3 is 2.59 bits per heavy atom. The molecule has 176 valence electrons. The van der Waals surface area contributed by atoms with Gasteiger partial charge >= 0.3 is 0 Å². The van der Waals surface area contributed by atoms with E-state index in [4.69, 9.17) is 0 Å². The number of hydrogen-bond donors (Lipinski definition) is 1. The standard InChI is InChI=1S/C25H30N8O/c1-3-5-7-11-22-27-25(21(34)10-6-4-2)30-33(22)17-18-12-14-19(15-13-18)23-20(9-8-16-26-23)24-28-31-32-29-24/h8-9,12-16H,3-7,10-11,17H2,1-2H3,(H,28,29,31,32). The van der Waals surface area contributed by atoms with Crippen LogP contribution < -0.4 is 0 Å². The van der Waals surface area contributed by atoms with Crippen LogP contribution in [-0.2, 0) is 13.0 Å². The third-order valence-corrected chi connectivity index (χ3v) is 5.71. The van der Waals surface area contributed by atoms with Gasteiger partial charge in [-0.05, 0) is 35.8 Å². The molecule has 0 unspecified atom stereocenters. The lowest BCUT2D eigenvalue weighted by Gasteiger charge is -2.09. The fourth-order valence-corrected chi connectivity index (χ4v) is 3.82. The molecule has 0 saturated carbocycles. The van der Waals surface area contributed by atoms with Crippen molar-refractivity contribution in [2.24, 2.45) is 0 Å². The molecule has 0 fully saturated rings. The molecule has 4 rings (SSSR count). The third kappa shape index (κ3) is 5.59. The first-order valence-electron chi connectivity index (χ1n) is 11.9. The topological polar surface area (TPSA) is 115 Å². The molecule has 0 bridgehead atoms. The number of carbonyl (C=O) groups excluding carboxylic acids is 1. The largest absolute Gasteiger partial charge is 0.291 e. The van der Waals surface area contributed by atoms with Crippen molar-refractivity contribution in [3.63, 3.8) is 0 Å². The molecular weight excluding hydrogens is 428 g/mol. The van der Waals surface area contributed by atoms with E-state index in [9.17, 15) is 4.79 Å². The van der Waals surface area contributed by atoms with E-state index in [-0.39, 0.29) is 5.78 Å². The van der Waals surface area contributed by atoms with Crippen molar-refractivity contribution in [2.75, 3.05) is 0 Å². The van der Waals surface area contributed by atoms with Gasteiger partial charge in [-0.15, -0.1) is 15.3 Å². The van der Waals surface area contributed by atoms with Gasteiger partial charge in [0.2, 0.25) is 17.4 Å². The van der Waals surface area contributed by atoms with E-state index in [1.165, 1.54) is 0 Å². The minimum Gasteiger partial charge on any atom is -0.291 e. The molecule has 0 aliphatic heterocycles. The molecule has 0 atom stereocenters. The minimum atomic E-state index is 0.0248. The first-order valence-corrected chi connectivity index (χ1v) is 11.9. The van der Waals surface area contributed by atoms with Crippen LogP contribution in [0.3, 0.4) is 0 Å². The SMILES string of the molecule is CCCCCc1nc(C(=O)CCCC)nn1Cc1ccc(-c2ncccc2-c2nn[nH]n2)cc1. The van der Waals surface area contributed by atoms with Crippen LogP contribution in [0.5, 0.6) is 0 Å². The number of aromatic amines is 1. The maximum Gasteiger partial charge on any atom is 0.217 e. The van der Waals surface area contributed by atoms with Gasteiger partial charge in [0.25, 0.3) is 0 Å². The van der Waals surface area contributed by atoms with E-state index in [0.717, 1.165) is 66.7 Å². The minimum absolute atomic E-state index is 0.0248. The number of aryl methyl sites for hydroxylation is 1. The third-order valence-electron chi connectivity index (χ3n) is 5.71. The highest BCUT2D eigenvalue weighted by atomic mass is 16.1. The summed E-state index contributed by atoms with van der Waals surface area (Å²) in [6.45, 7) is 4.82. The Labute approximate surface area is 199 Å². The van der Waals surface area contributed by atoms with Gasteiger partial charge in [0.05, 0.1) is 12.2 Å². The van der Waals surface area contributed by atoms with Crippen molar-refractivity contribution >= 4 is 5.78 Å². The summed E-state index contributed by atoms with van der Waals surface area (Å²) in [7, 11) is 0. The summed E-state index contributed by atoms with van der Waals surface area (Å²) < 4.78 is 1.88. The summed E-state index contributed by atoms with van der Waals surface area (Å²) in [5.41, 5.74) is 3.64. The number of pyridine rings is 1. The van der Waals surface area contributed by atoms with E-state index in [1.807, 2.05) is 28.9 Å². The smallest absolute Gasteiger partial charge is 0.217 e. The second kappa shape index (κ2) is 11.4. The highest BCUT2D eigenvalue weighted by Crippen LogP contribution is 2.27. The summed E-state index contributed by atoms with van der Waals surface area (Å²) in [6, 6.07) is 12.0. The van der Waals surface area contributed by atoms with E-state index < -0.39 is 0 Å². The van der Waals surface area contributed by atoms with Crippen molar-refractivity contribution in [3.8, 4) is 22.6 Å². The first kappa shape index (κ1) is 23.4. The zero-order valence-electron chi connectivity index (χ0n) is 19.7. The average molecular weight is 459 g/mol. The number of aromatic nitrogens is 8. The molecule has 9 heteroatoms. The van der Waals surface area contributed by atoms with Gasteiger partial charge in [0.1, 0.15) is 5.82 Å². The van der Waals surface area contributed by atoms with Crippen molar-refractivity contribution in [2.45, 2.75) is 65.3 Å². The zero-order valence-corrected chi connectivity index (χ0v) is 19.7. The summed E-state index contributed by atoms with van der Waals surface area (Å²) in [5, 5.41) is 18.9. The van der Waals surface area contributed by atoms with Crippen LogP contribution in [0.2, 0.25) is 0 Å². The molecule has 34 heavy (non-hydrogen) atoms. The monoisotopic (exact) mass is 458 g/mol. The Morgan fingerprint density at radius 2 is 1.85 bits per heavy atom. The predicted octanol–water partition coefficient (Wildman–Crippen LogP) is 4.67. The number of benzene rings is 1. The van der Waals surface area contributed by atoms with Crippen LogP contribution in [0.25, 0.3) is 22.6 Å². The maximum absolute atomic E-state index is 12.5. The molecule has 1 N–H and O–H groups in total. The number of Topliss-reactive ketones (excluding diaryl/α,β-unsaturated/α-hetero) is 1. The number of H-pyrrole nitrogens is 1. The zero-order chi connectivity index (χ0) is 23.8. The van der Waals surface area contributed by atoms with Gasteiger partial charge in [-0.1, -0.05) is 57.4 Å². The van der Waals surface area contributed by atoms with E-state index in [1.54, 1.807) is 6.20 Å². The Bertz CT molecular complexity index is 1200. The summed E-state index contributed by atoms with van der Waals surface area (Å²) >= 11 is 0. The lowest BCUT2D eigenvalue weighted by atomic mass is 10.0. The van der Waals surface area contributed by atoms with Crippen LogP contribution in [0, 0.1) is 0 Å². The molecule has 3 heterocycles. The number of rotatable bonds is 12. The highest BCUT2D eigenvalue weighted by Gasteiger charge is 2.17. The molecule has 1 aromatic carbocycles. The molecule has 0 radical (unpaired) electrons. The molecular formula is C25H30N8O. The predicted molar refractivity (Wildman–Crippen MR) is 129 cm³/mol. The van der Waals surface area contributed by atoms with Gasteiger partial charge in [-0.2, -0.15) is 5.21 Å². The second-order valence-corrected chi connectivity index (χ2v) is 8.33. The molecule has 3 aromatic heterocycles. The van der Waals surface area contributed by atoms with Crippen molar-refractivity contribution in [1.29, 1.82) is 0 Å². The van der Waals surface area contributed by atoms with E-state index in [2.05, 4.69) is 61.7 Å². The average Bonchev–Trinajstić information content (AvgIpc) is 3.54. The summed E-state index contributed by atoms with van der Waals surface area (Å²) in [6.07, 6.45) is 8.21. The number of nitrogens with zero attached hydrogens (tertiary/aromatic N) is 7. The van der Waals surface area contributed by atoms with Gasteiger partial charge < -0.3 is 0 Å². The molecule has 4 aromatic rings. The van der Waals surface area contributed by atoms with Crippen LogP contribution in [0.15, 0.2) is 42.6 Å². The van der Waals surface area contributed by atoms with Crippen molar-refractivity contribution in [3.05, 3.63) is 59.8 Å². The van der Waals surface area contributed by atoms with E-state index in [0.29, 0.717) is 24.6 Å². The fourth-order valence-electron chi connectivity index (χ4n) is 3.82. The van der Waals surface area contributed by atoms with Gasteiger partial charge in [-0.3, -0.25) is 9.78 Å². The quantitative estimate of drug-likeness (QED) is 0.242. The van der Waals surface area contributed by atoms with Gasteiger partial charge in [-0.25, -0.2) is 9.67 Å². The summed E-state index contributed by atoms with van der Waals surface area (Å²) in [4.78, 5) is 21.7. The van der Waals surface area contributed by atoms with Gasteiger partial charge in [0.15, 0.2) is 0 Å². The number of ketones is 1. The first-order chi connectivity index (χ1) is 16.7. The van der Waals surface area contributed by atoms with Crippen molar-refractivity contribution in [1.82, 2.24) is 40.4 Å². The van der Waals surface area contributed by atoms with E-state index >= 15 is 0 Å². The second-order valence-electron chi connectivity index (χ2n) is 8.33. The Hall–Kier alpha value is -3.75. The highest BCUT2D eigenvalue weighted by molar-refractivity contribution is 5.92. The van der Waals surface area contributed by atoms with Crippen molar-refractivity contribution < 1.29 is 4.79 Å². The molecule has 0 saturated heterocycles. The number of carbonyl (C=O) groups is 1. The number of hydrogen-bond acceptors (Lipinski definition) is 7. The molecule has 9 nitrogen and oxygen atoms in total. The molecule has 0 aliphatic carbocycles. The molecule has 0 spiro atoms. The molecule has 0 aliphatic rings. The van der Waals surface area contributed by atoms with Gasteiger partial charge in [0, 0.05) is 30.2 Å². The number of nitrogens with one attached hydrogen (secondary N) is 1. The number of unbranched alkanes of at least 4 members (excludes halogenated alkanes) is 3. The summed E-state index contributed by atoms with van der Waals surface area (Å²) in [5.74, 6) is 1.75. The fraction of sp³-hybridized carbons (Fsp3) is 0.400. The van der Waals surface area contributed by atoms with Crippen LogP contribution in [0.4, 0.5) is 0 Å². The lowest BCUT2D eigenvalue weighted by molar-refractivity contribution is 0.0969. The molecule has 0 amide bonds. The van der Waals surface area contributed by atoms with Crippen LogP contribution in [0.1, 0.15) is 74.4 Å². The normalized spacial score (nSPS) is 11.1.